The summed E-state index contributed by atoms with van der Waals surface area (Å²) >= 11 is 10.8. The van der Waals surface area contributed by atoms with Crippen molar-refractivity contribution in [3.8, 4) is 11.5 Å². The number of carbonyl (C=O) groups is 2. The lowest BCUT2D eigenvalue weighted by Crippen LogP contribution is -2.35. The van der Waals surface area contributed by atoms with Gasteiger partial charge in [-0.05, 0) is 36.5 Å². The monoisotopic (exact) mass is 373 g/mol. The van der Waals surface area contributed by atoms with Crippen LogP contribution >= 0.6 is 23.8 Å². The summed E-state index contributed by atoms with van der Waals surface area (Å²) < 4.78 is 5.23. The molecule has 0 unspecified atom stereocenters. The molecule has 0 saturated carbocycles. The number of anilines is 1. The Labute approximate surface area is 150 Å². The molecular formula is C15H8ClN5O3S. The Kier molecular flexibility index (Phi) is 3.59. The molecule has 1 aliphatic heterocycles. The number of rotatable bonds is 3. The number of aromatic nitrogens is 3. The molecule has 1 aromatic carbocycles. The van der Waals surface area contributed by atoms with Crippen LogP contribution in [0.1, 0.15) is 20.7 Å². The van der Waals surface area contributed by atoms with E-state index in [1.165, 1.54) is 12.1 Å². The van der Waals surface area contributed by atoms with E-state index < -0.39 is 11.8 Å². The minimum atomic E-state index is -0.471. The van der Waals surface area contributed by atoms with E-state index in [-0.39, 0.29) is 21.7 Å². The van der Waals surface area contributed by atoms with E-state index >= 15 is 0 Å². The van der Waals surface area contributed by atoms with Crippen molar-refractivity contribution in [1.29, 1.82) is 0 Å². The fraction of sp³-hybridized carbons (Fsp3) is 0. The molecule has 3 heterocycles. The van der Waals surface area contributed by atoms with Gasteiger partial charge in [0.05, 0.1) is 11.1 Å². The second-order valence-corrected chi connectivity index (χ2v) is 5.84. The van der Waals surface area contributed by atoms with Gasteiger partial charge in [0, 0.05) is 5.56 Å². The number of pyridine rings is 1. The molecular weight excluding hydrogens is 366 g/mol. The Balaban J connectivity index is 1.68. The number of imide groups is 1. The van der Waals surface area contributed by atoms with Crippen LogP contribution in [0, 0.1) is 4.84 Å². The number of H-pyrrole nitrogens is 1. The van der Waals surface area contributed by atoms with E-state index in [1.807, 2.05) is 0 Å². The number of hydrogen-bond acceptors (Lipinski definition) is 7. The van der Waals surface area contributed by atoms with E-state index in [9.17, 15) is 9.59 Å². The number of amides is 2. The molecule has 0 atom stereocenters. The Morgan fingerprint density at radius 1 is 1.16 bits per heavy atom. The van der Waals surface area contributed by atoms with Crippen LogP contribution in [0.2, 0.25) is 5.15 Å². The van der Waals surface area contributed by atoms with Gasteiger partial charge >= 0.3 is 0 Å². The zero-order valence-corrected chi connectivity index (χ0v) is 13.9. The first-order valence-corrected chi connectivity index (χ1v) is 7.79. The second-order valence-electron chi connectivity index (χ2n) is 5.09. The van der Waals surface area contributed by atoms with Crippen LogP contribution in [0.5, 0.6) is 0 Å². The minimum Gasteiger partial charge on any atom is -0.409 e. The number of aromatic amines is 1. The van der Waals surface area contributed by atoms with E-state index in [2.05, 4.69) is 20.6 Å². The van der Waals surface area contributed by atoms with Gasteiger partial charge in [-0.1, -0.05) is 23.7 Å². The summed E-state index contributed by atoms with van der Waals surface area (Å²) in [5.41, 5.74) is 3.80. The number of hydrogen-bond donors (Lipinski definition) is 2. The third-order valence-electron chi connectivity index (χ3n) is 3.50. The van der Waals surface area contributed by atoms with Crippen molar-refractivity contribution >= 4 is 41.5 Å². The third-order valence-corrected chi connectivity index (χ3v) is 3.87. The van der Waals surface area contributed by atoms with Crippen LogP contribution in [0.4, 0.5) is 5.82 Å². The topological polar surface area (TPSA) is 104 Å². The molecule has 0 radical (unpaired) electrons. The van der Waals surface area contributed by atoms with Crippen LogP contribution in [0.3, 0.4) is 0 Å². The standard InChI is InChI=1S/C15H8ClN5O3S/c16-10-5-7(12-18-19-15(25)24-12)6-11(17-10)20-21-13(22)8-3-1-2-4-9(8)14(21)23/h1-6H,(H,17,20)(H,19,25). The number of fused-ring (bicyclic) bond motifs is 1. The van der Waals surface area contributed by atoms with Gasteiger partial charge in [0.15, 0.2) is 0 Å². The summed E-state index contributed by atoms with van der Waals surface area (Å²) in [4.78, 5) is 28.9. The number of carbonyl (C=O) groups excluding carboxylic acids is 2. The first kappa shape index (κ1) is 15.5. The lowest BCUT2D eigenvalue weighted by molar-refractivity contribution is 0.0690. The van der Waals surface area contributed by atoms with E-state index in [1.54, 1.807) is 24.3 Å². The lowest BCUT2D eigenvalue weighted by Gasteiger charge is -2.16. The molecule has 0 fully saturated rings. The Morgan fingerprint density at radius 2 is 1.84 bits per heavy atom. The molecule has 1 aliphatic rings. The van der Waals surface area contributed by atoms with Gasteiger partial charge in [-0.3, -0.25) is 15.0 Å². The van der Waals surface area contributed by atoms with Crippen molar-refractivity contribution in [3.63, 3.8) is 0 Å². The van der Waals surface area contributed by atoms with E-state index in [4.69, 9.17) is 28.2 Å². The molecule has 10 heteroatoms. The summed E-state index contributed by atoms with van der Waals surface area (Å²) in [5, 5.41) is 7.41. The zero-order chi connectivity index (χ0) is 17.6. The largest absolute Gasteiger partial charge is 0.409 e. The normalized spacial score (nSPS) is 13.2. The molecule has 0 bridgehead atoms. The predicted octanol–water partition coefficient (Wildman–Crippen LogP) is 3.07. The molecule has 124 valence electrons. The van der Waals surface area contributed by atoms with Crippen LogP contribution in [0.25, 0.3) is 11.5 Å². The van der Waals surface area contributed by atoms with Crippen molar-refractivity contribution < 1.29 is 14.0 Å². The second kappa shape index (κ2) is 5.80. The number of hydrazine groups is 1. The molecule has 25 heavy (non-hydrogen) atoms. The molecule has 4 rings (SSSR count). The summed E-state index contributed by atoms with van der Waals surface area (Å²) in [5.74, 6) is -0.553. The lowest BCUT2D eigenvalue weighted by atomic mass is 10.1. The van der Waals surface area contributed by atoms with Crippen LogP contribution in [0.15, 0.2) is 40.8 Å². The molecule has 3 aromatic rings. The first-order valence-electron chi connectivity index (χ1n) is 7.01. The number of nitrogens with zero attached hydrogens (tertiary/aromatic N) is 3. The summed E-state index contributed by atoms with van der Waals surface area (Å²) in [6, 6.07) is 9.60. The smallest absolute Gasteiger partial charge is 0.284 e. The van der Waals surface area contributed by atoms with Gasteiger partial charge in [0.1, 0.15) is 11.0 Å². The van der Waals surface area contributed by atoms with E-state index in [0.29, 0.717) is 16.7 Å². The predicted molar refractivity (Wildman–Crippen MR) is 90.5 cm³/mol. The van der Waals surface area contributed by atoms with Crippen molar-refractivity contribution in [1.82, 2.24) is 20.2 Å². The van der Waals surface area contributed by atoms with Gasteiger partial charge in [0.2, 0.25) is 5.89 Å². The minimum absolute atomic E-state index is 0.109. The van der Waals surface area contributed by atoms with E-state index in [0.717, 1.165) is 5.01 Å². The van der Waals surface area contributed by atoms with Gasteiger partial charge in [-0.2, -0.15) is 5.01 Å². The van der Waals surface area contributed by atoms with Crippen molar-refractivity contribution in [3.05, 3.63) is 57.5 Å². The Bertz CT molecular complexity index is 1040. The average molecular weight is 374 g/mol. The number of halogens is 1. The fourth-order valence-electron chi connectivity index (χ4n) is 2.44. The fourth-order valence-corrected chi connectivity index (χ4v) is 2.77. The van der Waals surface area contributed by atoms with Crippen molar-refractivity contribution in [2.75, 3.05) is 5.43 Å². The van der Waals surface area contributed by atoms with Crippen LogP contribution in [-0.4, -0.2) is 32.0 Å². The molecule has 0 aliphatic carbocycles. The summed E-state index contributed by atoms with van der Waals surface area (Å²) in [6.07, 6.45) is 0. The van der Waals surface area contributed by atoms with Gasteiger partial charge in [-0.25, -0.2) is 10.1 Å². The molecule has 8 nitrogen and oxygen atoms in total. The third kappa shape index (κ3) is 2.69. The highest BCUT2D eigenvalue weighted by molar-refractivity contribution is 7.71. The molecule has 2 N–H and O–H groups in total. The number of nitrogens with one attached hydrogen (secondary N) is 2. The highest BCUT2D eigenvalue weighted by Crippen LogP contribution is 2.26. The average Bonchev–Trinajstić information content (AvgIpc) is 3.13. The Hall–Kier alpha value is -3.04. The number of benzene rings is 1. The van der Waals surface area contributed by atoms with Crippen molar-refractivity contribution in [2.24, 2.45) is 0 Å². The Morgan fingerprint density at radius 3 is 2.44 bits per heavy atom. The van der Waals surface area contributed by atoms with Crippen LogP contribution in [-0.2, 0) is 0 Å². The maximum atomic E-state index is 12.4. The first-order chi connectivity index (χ1) is 12.0. The molecule has 0 spiro atoms. The highest BCUT2D eigenvalue weighted by Gasteiger charge is 2.35. The maximum absolute atomic E-state index is 12.4. The quantitative estimate of drug-likeness (QED) is 0.413. The molecule has 2 aromatic heterocycles. The maximum Gasteiger partial charge on any atom is 0.284 e. The van der Waals surface area contributed by atoms with Gasteiger partial charge in [-0.15, -0.1) is 5.10 Å². The SMILES string of the molecule is O=C1c2ccccc2C(=O)N1Nc1cc(-c2n[nH]c(=S)o2)cc(Cl)n1. The zero-order valence-electron chi connectivity index (χ0n) is 12.3. The molecule has 2 amide bonds. The van der Waals surface area contributed by atoms with Crippen molar-refractivity contribution in [2.45, 2.75) is 0 Å². The summed E-state index contributed by atoms with van der Waals surface area (Å²) in [7, 11) is 0. The van der Waals surface area contributed by atoms with Crippen LogP contribution < -0.4 is 5.43 Å². The molecule has 0 saturated heterocycles. The highest BCUT2D eigenvalue weighted by atomic mass is 35.5. The van der Waals surface area contributed by atoms with Gasteiger partial charge < -0.3 is 4.42 Å². The summed E-state index contributed by atoms with van der Waals surface area (Å²) in [6.45, 7) is 0. The van der Waals surface area contributed by atoms with Gasteiger partial charge in [0.25, 0.3) is 16.7 Å².